The Morgan fingerprint density at radius 1 is 1.62 bits per heavy atom. The van der Waals surface area contributed by atoms with E-state index in [1.807, 2.05) is 0 Å². The lowest BCUT2D eigenvalue weighted by Gasteiger charge is -2.17. The Morgan fingerprint density at radius 2 is 2.38 bits per heavy atom. The molecular formula is C9H11N3O4. The number of nitrogens with zero attached hydrogens (tertiary/aromatic N) is 2. The molecule has 0 saturated heterocycles. The van der Waals surface area contributed by atoms with Gasteiger partial charge in [-0.25, -0.2) is 4.79 Å². The van der Waals surface area contributed by atoms with E-state index in [0.29, 0.717) is 0 Å². The van der Waals surface area contributed by atoms with Crippen molar-refractivity contribution in [2.45, 2.75) is 12.3 Å². The van der Waals surface area contributed by atoms with Gasteiger partial charge in [0.1, 0.15) is 24.3 Å². The Kier molecular flexibility index (Phi) is 2.63. The van der Waals surface area contributed by atoms with Gasteiger partial charge in [-0.15, -0.1) is 0 Å². The van der Waals surface area contributed by atoms with Crippen molar-refractivity contribution in [2.75, 3.05) is 12.3 Å². The summed E-state index contributed by atoms with van der Waals surface area (Å²) in [5.74, 6) is 0.324. The summed E-state index contributed by atoms with van der Waals surface area (Å²) in [6.07, 6.45) is 0.827. The van der Waals surface area contributed by atoms with Gasteiger partial charge in [0.15, 0.2) is 0 Å². The molecule has 0 aromatic carbocycles. The fourth-order valence-corrected chi connectivity index (χ4v) is 1.47. The summed E-state index contributed by atoms with van der Waals surface area (Å²) >= 11 is 0. The number of aromatic nitrogens is 2. The fraction of sp³-hybridized carbons (Fsp3) is 0.333. The van der Waals surface area contributed by atoms with Crippen LogP contribution in [0.3, 0.4) is 0 Å². The predicted molar refractivity (Wildman–Crippen MR) is 54.2 cm³/mol. The van der Waals surface area contributed by atoms with Crippen LogP contribution in [0, 0.1) is 0 Å². The van der Waals surface area contributed by atoms with Crippen LogP contribution in [-0.2, 0) is 4.74 Å². The van der Waals surface area contributed by atoms with Crippen LogP contribution in [-0.4, -0.2) is 32.5 Å². The summed E-state index contributed by atoms with van der Waals surface area (Å²) in [5, 5.41) is 18.4. The molecule has 4 N–H and O–H groups in total. The van der Waals surface area contributed by atoms with E-state index in [1.54, 1.807) is 0 Å². The molecule has 7 heteroatoms. The number of anilines is 1. The van der Waals surface area contributed by atoms with Crippen molar-refractivity contribution in [2.24, 2.45) is 0 Å². The zero-order valence-electron chi connectivity index (χ0n) is 8.28. The van der Waals surface area contributed by atoms with Gasteiger partial charge in [-0.2, -0.15) is 4.98 Å². The molecule has 0 aliphatic carbocycles. The molecule has 0 radical (unpaired) electrons. The number of rotatable bonds is 2. The molecule has 86 valence electrons. The van der Waals surface area contributed by atoms with Crippen LogP contribution in [0.2, 0.25) is 0 Å². The second-order valence-electron chi connectivity index (χ2n) is 3.33. The van der Waals surface area contributed by atoms with Gasteiger partial charge in [0, 0.05) is 6.20 Å². The fourth-order valence-electron chi connectivity index (χ4n) is 1.47. The van der Waals surface area contributed by atoms with Crippen molar-refractivity contribution < 1.29 is 14.9 Å². The molecule has 16 heavy (non-hydrogen) atoms. The quantitative estimate of drug-likeness (QED) is 0.570. The van der Waals surface area contributed by atoms with Crippen molar-refractivity contribution in [3.8, 4) is 0 Å². The Hall–Kier alpha value is -1.86. The first kappa shape index (κ1) is 10.7. The summed E-state index contributed by atoms with van der Waals surface area (Å²) in [6.45, 7) is -0.329. The maximum atomic E-state index is 11.5. The number of nitrogens with two attached hydrogens (primary N) is 1. The normalized spacial score (nSPS) is 24.0. The molecule has 0 spiro atoms. The number of aliphatic hydroxyl groups is 2. The zero-order valence-corrected chi connectivity index (χ0v) is 8.28. The smallest absolute Gasteiger partial charge is 0.352 e. The maximum Gasteiger partial charge on any atom is 0.352 e. The van der Waals surface area contributed by atoms with Gasteiger partial charge in [0.25, 0.3) is 0 Å². The molecule has 1 aliphatic rings. The average Bonchev–Trinajstić information content (AvgIpc) is 2.60. The van der Waals surface area contributed by atoms with Gasteiger partial charge in [0.2, 0.25) is 6.23 Å². The van der Waals surface area contributed by atoms with E-state index in [2.05, 4.69) is 4.98 Å². The summed E-state index contributed by atoms with van der Waals surface area (Å²) in [7, 11) is 0. The number of hydrogen-bond acceptors (Lipinski definition) is 6. The number of ether oxygens (including phenoxy) is 1. The van der Waals surface area contributed by atoms with Crippen LogP contribution in [0.15, 0.2) is 28.9 Å². The minimum Gasteiger partial charge on any atom is -0.469 e. The van der Waals surface area contributed by atoms with Crippen LogP contribution >= 0.6 is 0 Å². The highest BCUT2D eigenvalue weighted by Crippen LogP contribution is 2.24. The Balaban J connectivity index is 2.30. The van der Waals surface area contributed by atoms with Crippen LogP contribution in [0.4, 0.5) is 5.82 Å². The second-order valence-corrected chi connectivity index (χ2v) is 3.33. The van der Waals surface area contributed by atoms with E-state index in [0.717, 1.165) is 4.57 Å². The Bertz CT molecular complexity index is 482. The third-order valence-corrected chi connectivity index (χ3v) is 2.20. The lowest BCUT2D eigenvalue weighted by atomic mass is 10.3. The highest BCUT2D eigenvalue weighted by atomic mass is 16.5. The largest absolute Gasteiger partial charge is 0.469 e. The first-order chi connectivity index (χ1) is 7.61. The SMILES string of the molecule is Nc1ccn(C2OC(CO)=C[C@@H]2O)c(=O)n1. The third-order valence-electron chi connectivity index (χ3n) is 2.20. The molecule has 1 unspecified atom stereocenters. The maximum absolute atomic E-state index is 11.5. The van der Waals surface area contributed by atoms with Crippen LogP contribution in [0.1, 0.15) is 6.23 Å². The molecular weight excluding hydrogens is 214 g/mol. The molecule has 2 rings (SSSR count). The number of hydrogen-bond donors (Lipinski definition) is 3. The molecule has 0 bridgehead atoms. The van der Waals surface area contributed by atoms with Gasteiger partial charge in [-0.05, 0) is 12.1 Å². The number of aliphatic hydroxyl groups excluding tert-OH is 2. The van der Waals surface area contributed by atoms with Gasteiger partial charge in [-0.1, -0.05) is 0 Å². The first-order valence-corrected chi connectivity index (χ1v) is 4.63. The molecule has 1 aliphatic heterocycles. The molecule has 0 fully saturated rings. The highest BCUT2D eigenvalue weighted by Gasteiger charge is 2.29. The lowest BCUT2D eigenvalue weighted by Crippen LogP contribution is -2.32. The van der Waals surface area contributed by atoms with E-state index in [-0.39, 0.29) is 18.2 Å². The van der Waals surface area contributed by atoms with Crippen molar-refractivity contribution in [3.63, 3.8) is 0 Å². The molecule has 2 heterocycles. The van der Waals surface area contributed by atoms with E-state index >= 15 is 0 Å². The summed E-state index contributed by atoms with van der Waals surface area (Å²) in [5.41, 5.74) is 4.72. The molecule has 2 atom stereocenters. The van der Waals surface area contributed by atoms with E-state index in [4.69, 9.17) is 15.6 Å². The van der Waals surface area contributed by atoms with Crippen LogP contribution in [0.25, 0.3) is 0 Å². The molecule has 1 aromatic rings. The standard InChI is InChI=1S/C9H11N3O4/c10-7-1-2-12(9(15)11-7)8-6(14)3-5(4-13)16-8/h1-3,6,8,13-14H,4H2,(H2,10,11,15)/t6-,8?/m0/s1. The first-order valence-electron chi connectivity index (χ1n) is 4.63. The Labute approximate surface area is 90.4 Å². The average molecular weight is 225 g/mol. The Morgan fingerprint density at radius 3 is 2.94 bits per heavy atom. The van der Waals surface area contributed by atoms with Gasteiger partial charge in [-0.3, -0.25) is 4.57 Å². The number of nitrogen functional groups attached to an aromatic ring is 1. The van der Waals surface area contributed by atoms with E-state index < -0.39 is 18.0 Å². The minimum atomic E-state index is -0.995. The van der Waals surface area contributed by atoms with Crippen LogP contribution in [0.5, 0.6) is 0 Å². The second kappa shape index (κ2) is 3.95. The summed E-state index contributed by atoms with van der Waals surface area (Å²) < 4.78 is 6.28. The van der Waals surface area contributed by atoms with Gasteiger partial charge < -0.3 is 20.7 Å². The predicted octanol–water partition coefficient (Wildman–Crippen LogP) is -1.41. The summed E-state index contributed by atoms with van der Waals surface area (Å²) in [4.78, 5) is 15.0. The van der Waals surface area contributed by atoms with Gasteiger partial charge >= 0.3 is 5.69 Å². The van der Waals surface area contributed by atoms with Crippen molar-refractivity contribution in [3.05, 3.63) is 34.6 Å². The van der Waals surface area contributed by atoms with Crippen molar-refractivity contribution >= 4 is 5.82 Å². The minimum absolute atomic E-state index is 0.101. The molecule has 7 nitrogen and oxygen atoms in total. The molecule has 1 aromatic heterocycles. The van der Waals surface area contributed by atoms with Gasteiger partial charge in [0.05, 0.1) is 0 Å². The topological polar surface area (TPSA) is 111 Å². The molecule has 0 amide bonds. The lowest BCUT2D eigenvalue weighted by molar-refractivity contribution is -0.0103. The third kappa shape index (κ3) is 1.77. The highest BCUT2D eigenvalue weighted by molar-refractivity contribution is 5.23. The van der Waals surface area contributed by atoms with E-state index in [9.17, 15) is 9.90 Å². The van der Waals surface area contributed by atoms with Crippen LogP contribution < -0.4 is 11.4 Å². The summed E-state index contributed by atoms with van der Waals surface area (Å²) in [6, 6.07) is 1.43. The molecule has 0 saturated carbocycles. The van der Waals surface area contributed by atoms with E-state index in [1.165, 1.54) is 18.3 Å². The van der Waals surface area contributed by atoms with Crippen molar-refractivity contribution in [1.29, 1.82) is 0 Å². The zero-order chi connectivity index (χ0) is 11.7. The van der Waals surface area contributed by atoms with Crippen molar-refractivity contribution in [1.82, 2.24) is 9.55 Å². The monoisotopic (exact) mass is 225 g/mol.